The number of hydrogen-bond donors (Lipinski definition) is 3. The van der Waals surface area contributed by atoms with Gasteiger partial charge in [0.25, 0.3) is 11.5 Å². The van der Waals surface area contributed by atoms with Crippen LogP contribution in [-0.2, 0) is 6.54 Å². The molecule has 1 amide bonds. The first kappa shape index (κ1) is 17.3. The summed E-state index contributed by atoms with van der Waals surface area (Å²) in [7, 11) is 0. The largest absolute Gasteiger partial charge is 0.350 e. The molecule has 4 rings (SSSR count). The van der Waals surface area contributed by atoms with Crippen molar-refractivity contribution in [3.8, 4) is 0 Å². The highest BCUT2D eigenvalue weighted by molar-refractivity contribution is 9.10. The Bertz CT molecular complexity index is 1230. The standard InChI is InChI=1S/C19H16BrN5O2/c1-2-25-18(27)13-5-3-4-6-15(13)22-19(25)24-23-17(26)16-10-11-9-12(20)7-8-14(11)21-16/h3-10,21H,2H2,1H3,(H,22,24)(H,23,26). The Hall–Kier alpha value is -3.13. The number of H-pyrrole nitrogens is 1. The van der Waals surface area contributed by atoms with E-state index in [0.29, 0.717) is 23.1 Å². The molecule has 0 unspecified atom stereocenters. The van der Waals surface area contributed by atoms with Crippen molar-refractivity contribution in [2.75, 3.05) is 5.43 Å². The third-order valence-corrected chi connectivity index (χ3v) is 4.79. The van der Waals surface area contributed by atoms with Gasteiger partial charge in [0.2, 0.25) is 5.95 Å². The van der Waals surface area contributed by atoms with Crippen molar-refractivity contribution in [2.45, 2.75) is 13.5 Å². The van der Waals surface area contributed by atoms with Crippen LogP contribution >= 0.6 is 15.9 Å². The Kier molecular flexibility index (Phi) is 4.41. The number of carbonyl (C=O) groups is 1. The van der Waals surface area contributed by atoms with E-state index >= 15 is 0 Å². The van der Waals surface area contributed by atoms with Crippen molar-refractivity contribution in [3.05, 3.63) is 69.1 Å². The van der Waals surface area contributed by atoms with Crippen LogP contribution in [0, 0.1) is 0 Å². The lowest BCUT2D eigenvalue weighted by molar-refractivity contribution is 0.0958. The predicted molar refractivity (Wildman–Crippen MR) is 109 cm³/mol. The third kappa shape index (κ3) is 3.19. The van der Waals surface area contributed by atoms with Crippen LogP contribution in [0.4, 0.5) is 5.95 Å². The maximum Gasteiger partial charge on any atom is 0.286 e. The number of fused-ring (bicyclic) bond motifs is 2. The zero-order chi connectivity index (χ0) is 19.0. The van der Waals surface area contributed by atoms with Gasteiger partial charge in [-0.1, -0.05) is 28.1 Å². The molecule has 2 heterocycles. The number of hydrazine groups is 1. The predicted octanol–water partition coefficient (Wildman–Crippen LogP) is 3.42. The highest BCUT2D eigenvalue weighted by Gasteiger charge is 2.13. The second-order valence-electron chi connectivity index (χ2n) is 6.00. The summed E-state index contributed by atoms with van der Waals surface area (Å²) in [6.45, 7) is 2.27. The summed E-state index contributed by atoms with van der Waals surface area (Å²) in [4.78, 5) is 32.6. The Balaban J connectivity index is 1.62. The normalized spacial score (nSPS) is 11.0. The molecule has 4 aromatic rings. The summed E-state index contributed by atoms with van der Waals surface area (Å²) in [5.41, 5.74) is 7.05. The quantitative estimate of drug-likeness (QED) is 0.436. The van der Waals surface area contributed by atoms with Crippen LogP contribution in [0.25, 0.3) is 21.8 Å². The molecule has 27 heavy (non-hydrogen) atoms. The summed E-state index contributed by atoms with van der Waals surface area (Å²) in [6.07, 6.45) is 0. The number of aromatic amines is 1. The summed E-state index contributed by atoms with van der Waals surface area (Å²) in [5.74, 6) is -0.0687. The van der Waals surface area contributed by atoms with E-state index in [1.165, 1.54) is 4.57 Å². The fraction of sp³-hybridized carbons (Fsp3) is 0.105. The number of nitrogens with zero attached hydrogens (tertiary/aromatic N) is 2. The molecule has 8 heteroatoms. The maximum absolute atomic E-state index is 12.6. The maximum atomic E-state index is 12.6. The Labute approximate surface area is 162 Å². The number of rotatable bonds is 4. The first-order chi connectivity index (χ1) is 13.1. The molecule has 0 saturated carbocycles. The number of halogens is 1. The Morgan fingerprint density at radius 3 is 2.85 bits per heavy atom. The van der Waals surface area contributed by atoms with Gasteiger partial charge in [0.1, 0.15) is 5.69 Å². The molecule has 0 aliphatic rings. The van der Waals surface area contributed by atoms with Crippen molar-refractivity contribution in [1.29, 1.82) is 0 Å². The zero-order valence-corrected chi connectivity index (χ0v) is 16.0. The molecule has 0 aliphatic carbocycles. The minimum Gasteiger partial charge on any atom is -0.350 e. The van der Waals surface area contributed by atoms with Gasteiger partial charge in [-0.3, -0.25) is 25.0 Å². The lowest BCUT2D eigenvalue weighted by Crippen LogP contribution is -2.34. The monoisotopic (exact) mass is 425 g/mol. The molecule has 0 bridgehead atoms. The van der Waals surface area contributed by atoms with E-state index in [4.69, 9.17) is 0 Å². The summed E-state index contributed by atoms with van der Waals surface area (Å²) >= 11 is 3.41. The highest BCUT2D eigenvalue weighted by Crippen LogP contribution is 2.20. The topological polar surface area (TPSA) is 91.8 Å². The van der Waals surface area contributed by atoms with Crippen LogP contribution in [0.5, 0.6) is 0 Å². The molecule has 0 radical (unpaired) electrons. The van der Waals surface area contributed by atoms with Crippen LogP contribution in [0.15, 0.2) is 57.8 Å². The van der Waals surface area contributed by atoms with E-state index < -0.39 is 0 Å². The van der Waals surface area contributed by atoms with E-state index in [1.54, 1.807) is 24.3 Å². The smallest absolute Gasteiger partial charge is 0.286 e. The van der Waals surface area contributed by atoms with Gasteiger partial charge in [-0.25, -0.2) is 4.98 Å². The number of amides is 1. The molecule has 7 nitrogen and oxygen atoms in total. The average Bonchev–Trinajstić information content (AvgIpc) is 3.09. The van der Waals surface area contributed by atoms with Crippen LogP contribution in [0.2, 0.25) is 0 Å². The number of hydrogen-bond acceptors (Lipinski definition) is 4. The number of aromatic nitrogens is 3. The van der Waals surface area contributed by atoms with Gasteiger partial charge in [0, 0.05) is 21.9 Å². The number of carbonyl (C=O) groups excluding carboxylic acids is 1. The SMILES string of the molecule is CCn1c(NNC(=O)c2cc3cc(Br)ccc3[nH]2)nc2ccccc2c1=O. The lowest BCUT2D eigenvalue weighted by Gasteiger charge is -2.13. The molecule has 0 spiro atoms. The third-order valence-electron chi connectivity index (χ3n) is 4.29. The number of nitrogens with one attached hydrogen (secondary N) is 3. The van der Waals surface area contributed by atoms with Gasteiger partial charge < -0.3 is 4.98 Å². The second-order valence-corrected chi connectivity index (χ2v) is 6.91. The van der Waals surface area contributed by atoms with Gasteiger partial charge >= 0.3 is 0 Å². The van der Waals surface area contributed by atoms with Gasteiger partial charge in [-0.15, -0.1) is 0 Å². The molecule has 2 aromatic heterocycles. The van der Waals surface area contributed by atoms with Gasteiger partial charge in [0.05, 0.1) is 10.9 Å². The van der Waals surface area contributed by atoms with Crippen molar-refractivity contribution in [2.24, 2.45) is 0 Å². The highest BCUT2D eigenvalue weighted by atomic mass is 79.9. The van der Waals surface area contributed by atoms with E-state index in [2.05, 4.69) is 36.7 Å². The first-order valence-electron chi connectivity index (χ1n) is 8.41. The van der Waals surface area contributed by atoms with E-state index in [1.807, 2.05) is 31.2 Å². The van der Waals surface area contributed by atoms with Gasteiger partial charge in [0.15, 0.2) is 0 Å². The van der Waals surface area contributed by atoms with Crippen LogP contribution in [0.3, 0.4) is 0 Å². The van der Waals surface area contributed by atoms with Crippen molar-refractivity contribution in [1.82, 2.24) is 20.0 Å². The van der Waals surface area contributed by atoms with E-state index in [-0.39, 0.29) is 17.4 Å². The fourth-order valence-electron chi connectivity index (χ4n) is 2.96. The van der Waals surface area contributed by atoms with Crippen LogP contribution in [0.1, 0.15) is 17.4 Å². The molecular weight excluding hydrogens is 410 g/mol. The molecule has 0 fully saturated rings. The molecular formula is C19H16BrN5O2. The Morgan fingerprint density at radius 2 is 2.04 bits per heavy atom. The van der Waals surface area contributed by atoms with Crippen molar-refractivity contribution >= 4 is 49.6 Å². The fourth-order valence-corrected chi connectivity index (χ4v) is 3.34. The number of para-hydroxylation sites is 1. The first-order valence-corrected chi connectivity index (χ1v) is 9.20. The van der Waals surface area contributed by atoms with E-state index in [0.717, 1.165) is 15.4 Å². The summed E-state index contributed by atoms with van der Waals surface area (Å²) in [5, 5.41) is 1.46. The van der Waals surface area contributed by atoms with Crippen LogP contribution < -0.4 is 16.4 Å². The Morgan fingerprint density at radius 1 is 1.22 bits per heavy atom. The molecule has 0 atom stereocenters. The van der Waals surface area contributed by atoms with Gasteiger partial charge in [-0.2, -0.15) is 0 Å². The minimum absolute atomic E-state index is 0.157. The minimum atomic E-state index is -0.354. The summed E-state index contributed by atoms with van der Waals surface area (Å²) in [6, 6.07) is 14.6. The second kappa shape index (κ2) is 6.88. The number of benzene rings is 2. The number of anilines is 1. The average molecular weight is 426 g/mol. The van der Waals surface area contributed by atoms with Gasteiger partial charge in [-0.05, 0) is 43.3 Å². The van der Waals surface area contributed by atoms with E-state index in [9.17, 15) is 9.59 Å². The molecule has 2 aromatic carbocycles. The molecule has 0 aliphatic heterocycles. The van der Waals surface area contributed by atoms with Crippen molar-refractivity contribution in [3.63, 3.8) is 0 Å². The lowest BCUT2D eigenvalue weighted by atomic mass is 10.2. The molecule has 0 saturated heterocycles. The van der Waals surface area contributed by atoms with Crippen LogP contribution in [-0.4, -0.2) is 20.4 Å². The molecule has 136 valence electrons. The zero-order valence-electron chi connectivity index (χ0n) is 14.4. The molecule has 3 N–H and O–H groups in total. The summed E-state index contributed by atoms with van der Waals surface area (Å²) < 4.78 is 2.41. The van der Waals surface area contributed by atoms with Crippen molar-refractivity contribution < 1.29 is 4.79 Å².